The van der Waals surface area contributed by atoms with Crippen LogP contribution < -0.4 is 10.2 Å². The van der Waals surface area contributed by atoms with Crippen LogP contribution in [0.4, 0.5) is 5.69 Å². The Labute approximate surface area is 171 Å². The van der Waals surface area contributed by atoms with Crippen molar-refractivity contribution < 1.29 is 9.59 Å². The molecule has 1 N–H and O–H groups in total. The third-order valence-corrected chi connectivity index (χ3v) is 5.99. The van der Waals surface area contributed by atoms with Gasteiger partial charge in [-0.2, -0.15) is 5.10 Å². The third kappa shape index (κ3) is 4.28. The number of rotatable bonds is 6. The summed E-state index contributed by atoms with van der Waals surface area (Å²) in [5.41, 5.74) is 3.15. The number of fused-ring (bicyclic) bond motifs is 1. The fourth-order valence-electron chi connectivity index (χ4n) is 4.41. The van der Waals surface area contributed by atoms with Gasteiger partial charge in [0.15, 0.2) is 0 Å². The molecule has 1 unspecified atom stereocenters. The molecule has 7 nitrogen and oxygen atoms in total. The zero-order valence-corrected chi connectivity index (χ0v) is 17.0. The molecule has 3 heterocycles. The minimum Gasteiger partial charge on any atom is -0.371 e. The summed E-state index contributed by atoms with van der Waals surface area (Å²) in [5.74, 6) is 0.0387. The minimum atomic E-state index is -0.184. The number of para-hydroxylation sites is 1. The summed E-state index contributed by atoms with van der Waals surface area (Å²) in [6.07, 6.45) is 6.33. The molecule has 2 aliphatic rings. The molecule has 29 heavy (non-hydrogen) atoms. The van der Waals surface area contributed by atoms with Gasteiger partial charge in [-0.05, 0) is 43.4 Å². The predicted molar refractivity (Wildman–Crippen MR) is 112 cm³/mol. The Hall–Kier alpha value is -2.83. The maximum absolute atomic E-state index is 12.8. The lowest BCUT2D eigenvalue weighted by molar-refractivity contribution is -0.133. The molecular weight excluding hydrogens is 366 g/mol. The summed E-state index contributed by atoms with van der Waals surface area (Å²) in [4.78, 5) is 28.9. The maximum Gasteiger partial charge on any atom is 0.271 e. The Balaban J connectivity index is 1.28. The first-order chi connectivity index (χ1) is 14.2. The highest BCUT2D eigenvalue weighted by Gasteiger charge is 2.26. The molecule has 0 saturated carbocycles. The van der Waals surface area contributed by atoms with E-state index in [1.807, 2.05) is 15.8 Å². The van der Waals surface area contributed by atoms with Crippen LogP contribution >= 0.6 is 0 Å². The number of nitrogens with zero attached hydrogens (tertiary/aromatic N) is 4. The van der Waals surface area contributed by atoms with Crippen molar-refractivity contribution in [2.24, 2.45) is 0 Å². The van der Waals surface area contributed by atoms with Gasteiger partial charge < -0.3 is 15.1 Å². The highest BCUT2D eigenvalue weighted by Crippen LogP contribution is 2.27. The van der Waals surface area contributed by atoms with Crippen molar-refractivity contribution in [1.82, 2.24) is 20.0 Å². The van der Waals surface area contributed by atoms with Crippen LogP contribution in [0.2, 0.25) is 0 Å². The number of hydrogen-bond donors (Lipinski definition) is 1. The van der Waals surface area contributed by atoms with Crippen LogP contribution in [-0.2, 0) is 11.2 Å². The molecule has 1 aromatic carbocycles. The zero-order valence-electron chi connectivity index (χ0n) is 17.0. The van der Waals surface area contributed by atoms with E-state index < -0.39 is 0 Å². The number of anilines is 1. The van der Waals surface area contributed by atoms with Crippen molar-refractivity contribution in [3.63, 3.8) is 0 Å². The molecule has 0 bridgehead atoms. The van der Waals surface area contributed by atoms with E-state index in [-0.39, 0.29) is 17.9 Å². The van der Waals surface area contributed by atoms with Crippen molar-refractivity contribution in [3.05, 3.63) is 47.8 Å². The second kappa shape index (κ2) is 8.68. The van der Waals surface area contributed by atoms with Gasteiger partial charge in [0.1, 0.15) is 5.69 Å². The monoisotopic (exact) mass is 395 g/mol. The second-order valence-corrected chi connectivity index (χ2v) is 7.87. The van der Waals surface area contributed by atoms with Gasteiger partial charge >= 0.3 is 0 Å². The minimum absolute atomic E-state index is 0.136. The van der Waals surface area contributed by atoms with Crippen molar-refractivity contribution >= 4 is 17.5 Å². The number of carbonyl (C=O) groups is 2. The standard InChI is InChI=1S/C22H29N5O2/c1-23-22(29)19-11-15-27(24-19)18-7-4-13-26(16-18)21(28)9-5-12-25-14-10-17-6-2-3-8-20(17)25/h2-3,6,8,11,15,18H,4-5,7,9-10,12-14,16H2,1H3,(H,23,29). The predicted octanol–water partition coefficient (Wildman–Crippen LogP) is 2.25. The van der Waals surface area contributed by atoms with E-state index in [1.165, 1.54) is 11.3 Å². The van der Waals surface area contributed by atoms with E-state index in [2.05, 4.69) is 39.6 Å². The first-order valence-electron chi connectivity index (χ1n) is 10.5. The van der Waals surface area contributed by atoms with Gasteiger partial charge in [-0.1, -0.05) is 18.2 Å². The molecule has 4 rings (SSSR count). The van der Waals surface area contributed by atoms with Gasteiger partial charge in [0.05, 0.1) is 6.04 Å². The molecule has 1 aromatic heterocycles. The normalized spacial score (nSPS) is 18.6. The van der Waals surface area contributed by atoms with Crippen LogP contribution in [0.1, 0.15) is 47.8 Å². The molecule has 0 radical (unpaired) electrons. The first kappa shape index (κ1) is 19.5. The second-order valence-electron chi connectivity index (χ2n) is 7.87. The molecular formula is C22H29N5O2. The van der Waals surface area contributed by atoms with Gasteiger partial charge in [-0.15, -0.1) is 0 Å². The third-order valence-electron chi connectivity index (χ3n) is 5.99. The summed E-state index contributed by atoms with van der Waals surface area (Å²) in [6.45, 7) is 3.45. The Kier molecular flexibility index (Phi) is 5.83. The lowest BCUT2D eigenvalue weighted by atomic mass is 10.1. The van der Waals surface area contributed by atoms with Crippen molar-refractivity contribution in [2.45, 2.75) is 38.1 Å². The number of piperidine rings is 1. The van der Waals surface area contributed by atoms with Crippen molar-refractivity contribution in [1.29, 1.82) is 0 Å². The fourth-order valence-corrected chi connectivity index (χ4v) is 4.41. The number of nitrogens with one attached hydrogen (secondary N) is 1. The number of benzene rings is 1. The van der Waals surface area contributed by atoms with Gasteiger partial charge in [0.25, 0.3) is 5.91 Å². The van der Waals surface area contributed by atoms with E-state index in [0.29, 0.717) is 18.7 Å². The summed E-state index contributed by atoms with van der Waals surface area (Å²) in [5, 5.41) is 6.99. The van der Waals surface area contributed by atoms with Crippen molar-refractivity contribution in [3.8, 4) is 0 Å². The molecule has 0 aliphatic carbocycles. The Morgan fingerprint density at radius 1 is 1.21 bits per heavy atom. The zero-order chi connectivity index (χ0) is 20.2. The van der Waals surface area contributed by atoms with Gasteiger partial charge in [-0.3, -0.25) is 14.3 Å². The topological polar surface area (TPSA) is 70.5 Å². The van der Waals surface area contributed by atoms with E-state index >= 15 is 0 Å². The van der Waals surface area contributed by atoms with E-state index in [4.69, 9.17) is 0 Å². The number of amides is 2. The molecule has 1 atom stereocenters. The highest BCUT2D eigenvalue weighted by molar-refractivity contribution is 5.91. The number of likely N-dealkylation sites (tertiary alicyclic amines) is 1. The van der Waals surface area contributed by atoms with Crippen molar-refractivity contribution in [2.75, 3.05) is 38.1 Å². The fraction of sp³-hybridized carbons (Fsp3) is 0.500. The van der Waals surface area contributed by atoms with E-state index in [1.54, 1.807) is 13.1 Å². The van der Waals surface area contributed by atoms with Crippen LogP contribution in [0.15, 0.2) is 36.5 Å². The van der Waals surface area contributed by atoms with Crippen LogP contribution in [0.25, 0.3) is 0 Å². The average Bonchev–Trinajstić information content (AvgIpc) is 3.41. The molecule has 7 heteroatoms. The summed E-state index contributed by atoms with van der Waals surface area (Å²) in [7, 11) is 1.60. The van der Waals surface area contributed by atoms with Gasteiger partial charge in [0, 0.05) is 51.5 Å². The molecule has 2 amide bonds. The molecule has 0 spiro atoms. The Morgan fingerprint density at radius 2 is 2.07 bits per heavy atom. The van der Waals surface area contributed by atoms with E-state index in [9.17, 15) is 9.59 Å². The Morgan fingerprint density at radius 3 is 2.93 bits per heavy atom. The molecule has 1 fully saturated rings. The number of carbonyl (C=O) groups excluding carboxylic acids is 2. The smallest absolute Gasteiger partial charge is 0.271 e. The Bertz CT molecular complexity index is 878. The first-order valence-corrected chi connectivity index (χ1v) is 10.5. The SMILES string of the molecule is CNC(=O)c1ccn(C2CCCN(C(=O)CCCN3CCc4ccccc43)C2)n1. The van der Waals surface area contributed by atoms with Crippen LogP contribution in [0.5, 0.6) is 0 Å². The summed E-state index contributed by atoms with van der Waals surface area (Å²) < 4.78 is 1.84. The summed E-state index contributed by atoms with van der Waals surface area (Å²) in [6, 6.07) is 10.4. The van der Waals surface area contributed by atoms with Crippen LogP contribution in [0.3, 0.4) is 0 Å². The van der Waals surface area contributed by atoms with Gasteiger partial charge in [0.2, 0.25) is 5.91 Å². The van der Waals surface area contributed by atoms with Crippen LogP contribution in [-0.4, -0.2) is 59.7 Å². The van der Waals surface area contributed by atoms with E-state index in [0.717, 1.165) is 45.3 Å². The summed E-state index contributed by atoms with van der Waals surface area (Å²) >= 11 is 0. The molecule has 1 saturated heterocycles. The number of hydrogen-bond acceptors (Lipinski definition) is 4. The molecule has 2 aromatic rings. The maximum atomic E-state index is 12.8. The number of aromatic nitrogens is 2. The lowest BCUT2D eigenvalue weighted by Crippen LogP contribution is -2.41. The van der Waals surface area contributed by atoms with Gasteiger partial charge in [-0.25, -0.2) is 0 Å². The quantitative estimate of drug-likeness (QED) is 0.814. The van der Waals surface area contributed by atoms with Crippen LogP contribution in [0, 0.1) is 0 Å². The average molecular weight is 396 g/mol. The lowest BCUT2D eigenvalue weighted by Gasteiger charge is -2.33. The largest absolute Gasteiger partial charge is 0.371 e. The molecule has 2 aliphatic heterocycles. The molecule has 154 valence electrons. The highest BCUT2D eigenvalue weighted by atomic mass is 16.2.